The molecule has 0 bridgehead atoms. The van der Waals surface area contributed by atoms with E-state index in [9.17, 15) is 0 Å². The van der Waals surface area contributed by atoms with Crippen molar-refractivity contribution in [3.8, 4) is 5.75 Å². The van der Waals surface area contributed by atoms with Gasteiger partial charge in [0.1, 0.15) is 11.4 Å². The van der Waals surface area contributed by atoms with E-state index in [1.165, 1.54) is 52.7 Å². The molecule has 2 aliphatic rings. The predicted octanol–water partition coefficient (Wildman–Crippen LogP) is 4.16. The third kappa shape index (κ3) is 2.29. The Hall–Kier alpha value is -0.540. The molecule has 1 fully saturated rings. The van der Waals surface area contributed by atoms with Crippen LogP contribution in [0, 0.1) is 20.8 Å². The fourth-order valence-corrected chi connectivity index (χ4v) is 4.19. The fraction of sp³-hybridized carbons (Fsp3) is 0.647. The highest BCUT2D eigenvalue weighted by molar-refractivity contribution is 9.10. The molecule has 2 heterocycles. The van der Waals surface area contributed by atoms with E-state index in [4.69, 9.17) is 4.74 Å². The maximum Gasteiger partial charge on any atom is 0.127 e. The minimum Gasteiger partial charge on any atom is -0.485 e. The van der Waals surface area contributed by atoms with Crippen LogP contribution in [0.15, 0.2) is 4.47 Å². The SMILES string of the molecule is Cc1c(C)c2c(c(C)c1Br)CC(C)(CN1CCCC1)O2. The third-order valence-electron chi connectivity index (χ3n) is 4.94. The van der Waals surface area contributed by atoms with Gasteiger partial charge >= 0.3 is 0 Å². The first-order valence-corrected chi connectivity index (χ1v) is 8.40. The van der Waals surface area contributed by atoms with Crippen LogP contribution in [0.4, 0.5) is 0 Å². The molecular formula is C17H24BrNO. The minimum absolute atomic E-state index is 0.0601. The van der Waals surface area contributed by atoms with Gasteiger partial charge in [0.2, 0.25) is 0 Å². The molecule has 0 N–H and O–H groups in total. The number of likely N-dealkylation sites (tertiary alicyclic amines) is 1. The molecule has 0 spiro atoms. The van der Waals surface area contributed by atoms with Crippen LogP contribution in [0.2, 0.25) is 0 Å². The summed E-state index contributed by atoms with van der Waals surface area (Å²) in [6.07, 6.45) is 3.71. The highest BCUT2D eigenvalue weighted by atomic mass is 79.9. The summed E-state index contributed by atoms with van der Waals surface area (Å²) in [6, 6.07) is 0. The standard InChI is InChI=1S/C17H24BrNO/c1-11-12(2)16-14(13(3)15(11)18)9-17(4,20-16)10-19-7-5-6-8-19/h5-10H2,1-4H3. The molecule has 2 aliphatic heterocycles. The van der Waals surface area contributed by atoms with Crippen molar-refractivity contribution < 1.29 is 4.74 Å². The van der Waals surface area contributed by atoms with Crippen molar-refractivity contribution in [2.24, 2.45) is 0 Å². The largest absolute Gasteiger partial charge is 0.485 e. The molecular weight excluding hydrogens is 314 g/mol. The zero-order valence-corrected chi connectivity index (χ0v) is 14.6. The Kier molecular flexibility index (Phi) is 3.62. The second kappa shape index (κ2) is 5.03. The van der Waals surface area contributed by atoms with Gasteiger partial charge in [-0.05, 0) is 70.3 Å². The van der Waals surface area contributed by atoms with Gasteiger partial charge < -0.3 is 4.74 Å². The fourth-order valence-electron chi connectivity index (χ4n) is 3.65. The van der Waals surface area contributed by atoms with E-state index in [0.717, 1.165) is 18.7 Å². The molecule has 0 saturated carbocycles. The summed E-state index contributed by atoms with van der Waals surface area (Å²) < 4.78 is 7.69. The maximum atomic E-state index is 6.44. The van der Waals surface area contributed by atoms with Crippen molar-refractivity contribution in [2.45, 2.75) is 52.6 Å². The molecule has 3 rings (SSSR count). The summed E-state index contributed by atoms with van der Waals surface area (Å²) in [5.41, 5.74) is 5.30. The van der Waals surface area contributed by atoms with E-state index < -0.39 is 0 Å². The van der Waals surface area contributed by atoms with Gasteiger partial charge in [-0.25, -0.2) is 0 Å². The number of rotatable bonds is 2. The van der Waals surface area contributed by atoms with Crippen LogP contribution < -0.4 is 4.74 Å². The summed E-state index contributed by atoms with van der Waals surface area (Å²) in [5, 5.41) is 0. The average Bonchev–Trinajstić information content (AvgIpc) is 3.02. The van der Waals surface area contributed by atoms with Crippen LogP contribution in [-0.2, 0) is 6.42 Å². The van der Waals surface area contributed by atoms with Gasteiger partial charge in [-0.1, -0.05) is 15.9 Å². The Balaban J connectivity index is 1.91. The van der Waals surface area contributed by atoms with Gasteiger partial charge in [-0.15, -0.1) is 0 Å². The van der Waals surface area contributed by atoms with Crippen molar-refractivity contribution in [3.63, 3.8) is 0 Å². The number of hydrogen-bond acceptors (Lipinski definition) is 2. The van der Waals surface area contributed by atoms with Gasteiger partial charge in [0.15, 0.2) is 0 Å². The van der Waals surface area contributed by atoms with Crippen LogP contribution in [0.25, 0.3) is 0 Å². The van der Waals surface area contributed by atoms with Crippen molar-refractivity contribution in [1.82, 2.24) is 4.90 Å². The van der Waals surface area contributed by atoms with Crippen molar-refractivity contribution in [2.75, 3.05) is 19.6 Å². The molecule has 0 amide bonds. The smallest absolute Gasteiger partial charge is 0.127 e. The number of fused-ring (bicyclic) bond motifs is 1. The molecule has 2 nitrogen and oxygen atoms in total. The quantitative estimate of drug-likeness (QED) is 0.803. The highest BCUT2D eigenvalue weighted by Crippen LogP contribution is 2.44. The van der Waals surface area contributed by atoms with E-state index in [2.05, 4.69) is 48.5 Å². The second-order valence-electron chi connectivity index (χ2n) is 6.71. The van der Waals surface area contributed by atoms with Crippen molar-refractivity contribution in [1.29, 1.82) is 0 Å². The number of halogens is 1. The van der Waals surface area contributed by atoms with E-state index in [1.807, 2.05) is 0 Å². The number of nitrogens with zero attached hydrogens (tertiary/aromatic N) is 1. The number of hydrogen-bond donors (Lipinski definition) is 0. The van der Waals surface area contributed by atoms with Crippen LogP contribution >= 0.6 is 15.9 Å². The van der Waals surface area contributed by atoms with E-state index in [0.29, 0.717) is 0 Å². The zero-order chi connectivity index (χ0) is 14.5. The molecule has 110 valence electrons. The summed E-state index contributed by atoms with van der Waals surface area (Å²) in [5.74, 6) is 1.14. The molecule has 0 radical (unpaired) electrons. The maximum absolute atomic E-state index is 6.44. The van der Waals surface area contributed by atoms with E-state index >= 15 is 0 Å². The Morgan fingerprint density at radius 3 is 2.40 bits per heavy atom. The van der Waals surface area contributed by atoms with Gasteiger partial charge in [0.05, 0.1) is 0 Å². The highest BCUT2D eigenvalue weighted by Gasteiger charge is 2.39. The molecule has 0 aromatic heterocycles. The van der Waals surface area contributed by atoms with Crippen molar-refractivity contribution in [3.05, 3.63) is 26.7 Å². The first kappa shape index (κ1) is 14.4. The van der Waals surface area contributed by atoms with Gasteiger partial charge in [0, 0.05) is 23.0 Å². The molecule has 3 heteroatoms. The lowest BCUT2D eigenvalue weighted by atomic mass is 9.93. The molecule has 20 heavy (non-hydrogen) atoms. The molecule has 1 aromatic rings. The number of benzene rings is 1. The molecule has 1 atom stereocenters. The second-order valence-corrected chi connectivity index (χ2v) is 7.50. The van der Waals surface area contributed by atoms with Crippen LogP contribution in [0.3, 0.4) is 0 Å². The first-order valence-electron chi connectivity index (χ1n) is 7.61. The Bertz CT molecular complexity index is 510. The summed E-state index contributed by atoms with van der Waals surface area (Å²) in [7, 11) is 0. The van der Waals surface area contributed by atoms with Crippen LogP contribution in [0.1, 0.15) is 42.0 Å². The van der Waals surface area contributed by atoms with E-state index in [1.54, 1.807) is 0 Å². The average molecular weight is 338 g/mol. The summed E-state index contributed by atoms with van der Waals surface area (Å²) in [4.78, 5) is 2.55. The molecule has 1 saturated heterocycles. The number of ether oxygens (including phenoxy) is 1. The molecule has 0 aliphatic carbocycles. The van der Waals surface area contributed by atoms with Crippen molar-refractivity contribution >= 4 is 15.9 Å². The molecule has 1 unspecified atom stereocenters. The van der Waals surface area contributed by atoms with Gasteiger partial charge in [-0.3, -0.25) is 4.90 Å². The van der Waals surface area contributed by atoms with E-state index in [-0.39, 0.29) is 5.60 Å². The lowest BCUT2D eigenvalue weighted by molar-refractivity contribution is 0.0722. The monoisotopic (exact) mass is 337 g/mol. The zero-order valence-electron chi connectivity index (χ0n) is 13.0. The van der Waals surface area contributed by atoms with Gasteiger partial charge in [-0.2, -0.15) is 0 Å². The van der Waals surface area contributed by atoms with Crippen LogP contribution in [0.5, 0.6) is 5.75 Å². The summed E-state index contributed by atoms with van der Waals surface area (Å²) in [6.45, 7) is 12.4. The Labute approximate surface area is 130 Å². The van der Waals surface area contributed by atoms with Gasteiger partial charge in [0.25, 0.3) is 0 Å². The Morgan fingerprint density at radius 1 is 1.10 bits per heavy atom. The Morgan fingerprint density at radius 2 is 1.75 bits per heavy atom. The predicted molar refractivity (Wildman–Crippen MR) is 86.8 cm³/mol. The molecule has 1 aromatic carbocycles. The van der Waals surface area contributed by atoms with Crippen LogP contribution in [-0.4, -0.2) is 30.1 Å². The lowest BCUT2D eigenvalue weighted by Gasteiger charge is -2.29. The summed E-state index contributed by atoms with van der Waals surface area (Å²) >= 11 is 3.74. The lowest BCUT2D eigenvalue weighted by Crippen LogP contribution is -2.43. The minimum atomic E-state index is -0.0601. The first-order chi connectivity index (χ1) is 9.41. The normalized spacial score (nSPS) is 25.9. The third-order valence-corrected chi connectivity index (χ3v) is 6.13. The topological polar surface area (TPSA) is 12.5 Å².